The molecule has 0 aromatic carbocycles. The third-order valence-corrected chi connectivity index (χ3v) is 3.56. The van der Waals surface area contributed by atoms with Crippen LogP contribution >= 0.6 is 12.6 Å². The van der Waals surface area contributed by atoms with Crippen molar-refractivity contribution in [2.75, 3.05) is 19.6 Å². The molecule has 0 aliphatic carbocycles. The van der Waals surface area contributed by atoms with Crippen molar-refractivity contribution < 1.29 is 0 Å². The summed E-state index contributed by atoms with van der Waals surface area (Å²) in [6, 6.07) is 0. The molecule has 0 saturated carbocycles. The fraction of sp³-hybridized carbons (Fsp3) is 1.00. The second-order valence-corrected chi connectivity index (χ2v) is 7.94. The fourth-order valence-electron chi connectivity index (χ4n) is 2.50. The van der Waals surface area contributed by atoms with Gasteiger partial charge in [0.25, 0.3) is 0 Å². The minimum atomic E-state index is 0.147. The van der Waals surface area contributed by atoms with Gasteiger partial charge in [0.1, 0.15) is 0 Å². The summed E-state index contributed by atoms with van der Waals surface area (Å²) in [5, 5.41) is 0. The Balaban J connectivity index is 2.37. The molecule has 0 aromatic heterocycles. The Morgan fingerprint density at radius 3 is 1.87 bits per heavy atom. The molecule has 2 heteroatoms. The fourth-order valence-corrected chi connectivity index (χ4v) is 2.70. The number of likely N-dealkylation sites (tertiary alicyclic amines) is 1. The van der Waals surface area contributed by atoms with Gasteiger partial charge < -0.3 is 4.90 Å². The molecule has 0 unspecified atom stereocenters. The second-order valence-electron chi connectivity index (χ2n) is 6.73. The summed E-state index contributed by atoms with van der Waals surface area (Å²) in [5.74, 6) is 0.900. The van der Waals surface area contributed by atoms with Crippen molar-refractivity contribution in [3.63, 3.8) is 0 Å². The normalized spacial score (nSPS) is 22.0. The lowest BCUT2D eigenvalue weighted by Crippen LogP contribution is -2.42. The summed E-state index contributed by atoms with van der Waals surface area (Å²) >= 11 is 4.60. The zero-order valence-corrected chi connectivity index (χ0v) is 11.9. The predicted molar refractivity (Wildman–Crippen MR) is 71.7 cm³/mol. The monoisotopic (exact) mass is 229 g/mol. The van der Waals surface area contributed by atoms with Gasteiger partial charge in [-0.2, -0.15) is 12.6 Å². The molecule has 1 saturated heterocycles. The first-order valence-electron chi connectivity index (χ1n) is 6.13. The standard InChI is InChI=1S/C13H27NS/c1-12(2,3)11-6-8-14(9-7-11)10-13(4,5)15/h11,15H,6-10H2,1-5H3. The Morgan fingerprint density at radius 2 is 1.53 bits per heavy atom. The Kier molecular flexibility index (Phi) is 4.16. The zero-order valence-electron chi connectivity index (χ0n) is 11.0. The number of thiol groups is 1. The molecule has 0 aromatic rings. The van der Waals surface area contributed by atoms with E-state index in [4.69, 9.17) is 0 Å². The van der Waals surface area contributed by atoms with Crippen LogP contribution in [0.3, 0.4) is 0 Å². The maximum absolute atomic E-state index is 4.60. The van der Waals surface area contributed by atoms with Crippen LogP contribution in [-0.2, 0) is 0 Å². The zero-order chi connectivity index (χ0) is 11.7. The summed E-state index contributed by atoms with van der Waals surface area (Å²) < 4.78 is 0.147. The molecule has 1 fully saturated rings. The number of hydrogen-bond acceptors (Lipinski definition) is 2. The van der Waals surface area contributed by atoms with E-state index in [1.54, 1.807) is 0 Å². The van der Waals surface area contributed by atoms with E-state index in [0.717, 1.165) is 12.5 Å². The SMILES string of the molecule is CC(C)(S)CN1CCC(C(C)(C)C)CC1. The molecule has 1 rings (SSSR count). The van der Waals surface area contributed by atoms with E-state index >= 15 is 0 Å². The van der Waals surface area contributed by atoms with Gasteiger partial charge in [0.2, 0.25) is 0 Å². The molecule has 0 spiro atoms. The van der Waals surface area contributed by atoms with E-state index in [-0.39, 0.29) is 4.75 Å². The lowest BCUT2D eigenvalue weighted by molar-refractivity contribution is 0.108. The van der Waals surface area contributed by atoms with Crippen molar-refractivity contribution in [1.82, 2.24) is 4.90 Å². The van der Waals surface area contributed by atoms with Crippen molar-refractivity contribution >= 4 is 12.6 Å². The summed E-state index contributed by atoms with van der Waals surface area (Å²) in [6.45, 7) is 15.1. The highest BCUT2D eigenvalue weighted by Gasteiger charge is 2.29. The highest BCUT2D eigenvalue weighted by Crippen LogP contribution is 2.34. The highest BCUT2D eigenvalue weighted by molar-refractivity contribution is 7.81. The predicted octanol–water partition coefficient (Wildman–Crippen LogP) is 3.45. The Morgan fingerprint density at radius 1 is 1.07 bits per heavy atom. The van der Waals surface area contributed by atoms with Crippen LogP contribution in [-0.4, -0.2) is 29.3 Å². The van der Waals surface area contributed by atoms with Crippen LogP contribution in [0.4, 0.5) is 0 Å². The maximum atomic E-state index is 4.60. The molecular weight excluding hydrogens is 202 g/mol. The van der Waals surface area contributed by atoms with Crippen LogP contribution < -0.4 is 0 Å². The van der Waals surface area contributed by atoms with Gasteiger partial charge >= 0.3 is 0 Å². The average molecular weight is 229 g/mol. The van der Waals surface area contributed by atoms with E-state index < -0.39 is 0 Å². The van der Waals surface area contributed by atoms with E-state index in [0.29, 0.717) is 5.41 Å². The van der Waals surface area contributed by atoms with E-state index in [9.17, 15) is 0 Å². The van der Waals surface area contributed by atoms with Crippen LogP contribution in [0.25, 0.3) is 0 Å². The van der Waals surface area contributed by atoms with Crippen molar-refractivity contribution in [2.24, 2.45) is 11.3 Å². The molecule has 0 N–H and O–H groups in total. The third kappa shape index (κ3) is 4.78. The van der Waals surface area contributed by atoms with E-state index in [1.807, 2.05) is 0 Å². The van der Waals surface area contributed by atoms with Gasteiger partial charge in [-0.25, -0.2) is 0 Å². The van der Waals surface area contributed by atoms with Crippen molar-refractivity contribution in [2.45, 2.75) is 52.2 Å². The van der Waals surface area contributed by atoms with Crippen LogP contribution in [0.15, 0.2) is 0 Å². The largest absolute Gasteiger partial charge is 0.302 e. The topological polar surface area (TPSA) is 3.24 Å². The van der Waals surface area contributed by atoms with Crippen LogP contribution in [0.5, 0.6) is 0 Å². The number of hydrogen-bond donors (Lipinski definition) is 1. The van der Waals surface area contributed by atoms with Crippen molar-refractivity contribution in [1.29, 1.82) is 0 Å². The lowest BCUT2D eigenvalue weighted by Gasteiger charge is -2.40. The van der Waals surface area contributed by atoms with Gasteiger partial charge in [0.05, 0.1) is 0 Å². The average Bonchev–Trinajstić information content (AvgIpc) is 2.00. The lowest BCUT2D eigenvalue weighted by atomic mass is 9.75. The molecule has 15 heavy (non-hydrogen) atoms. The molecule has 1 heterocycles. The Hall–Kier alpha value is 0.310. The molecule has 1 aliphatic rings. The number of nitrogens with zero attached hydrogens (tertiary/aromatic N) is 1. The van der Waals surface area contributed by atoms with Crippen molar-refractivity contribution in [3.8, 4) is 0 Å². The Labute approximate surface area is 101 Å². The first-order chi connectivity index (χ1) is 6.68. The first-order valence-corrected chi connectivity index (χ1v) is 6.58. The summed E-state index contributed by atoms with van der Waals surface area (Å²) in [6.07, 6.45) is 2.71. The Bertz CT molecular complexity index is 192. The highest BCUT2D eigenvalue weighted by atomic mass is 32.1. The molecule has 1 nitrogen and oxygen atoms in total. The second kappa shape index (κ2) is 4.67. The molecule has 1 aliphatic heterocycles. The summed E-state index contributed by atoms with van der Waals surface area (Å²) in [7, 11) is 0. The molecule has 0 bridgehead atoms. The smallest absolute Gasteiger partial charge is 0.0200 e. The number of rotatable bonds is 2. The van der Waals surface area contributed by atoms with E-state index in [1.165, 1.54) is 25.9 Å². The van der Waals surface area contributed by atoms with Gasteiger partial charge in [-0.15, -0.1) is 0 Å². The molecule has 0 radical (unpaired) electrons. The minimum Gasteiger partial charge on any atom is -0.302 e. The van der Waals surface area contributed by atoms with Gasteiger partial charge in [-0.1, -0.05) is 20.8 Å². The first kappa shape index (κ1) is 13.4. The molecule has 0 amide bonds. The van der Waals surface area contributed by atoms with Crippen LogP contribution in [0.1, 0.15) is 47.5 Å². The van der Waals surface area contributed by atoms with Gasteiger partial charge in [0, 0.05) is 11.3 Å². The van der Waals surface area contributed by atoms with E-state index in [2.05, 4.69) is 52.1 Å². The molecule has 90 valence electrons. The minimum absolute atomic E-state index is 0.147. The van der Waals surface area contributed by atoms with Crippen LogP contribution in [0, 0.1) is 11.3 Å². The summed E-state index contributed by atoms with van der Waals surface area (Å²) in [4.78, 5) is 2.56. The van der Waals surface area contributed by atoms with Gasteiger partial charge in [0.15, 0.2) is 0 Å². The molecule has 0 atom stereocenters. The van der Waals surface area contributed by atoms with Gasteiger partial charge in [-0.3, -0.25) is 0 Å². The third-order valence-electron chi connectivity index (χ3n) is 3.42. The number of piperidine rings is 1. The van der Waals surface area contributed by atoms with Gasteiger partial charge in [-0.05, 0) is 51.1 Å². The summed E-state index contributed by atoms with van der Waals surface area (Å²) in [5.41, 5.74) is 0.489. The maximum Gasteiger partial charge on any atom is 0.0200 e. The van der Waals surface area contributed by atoms with Crippen molar-refractivity contribution in [3.05, 3.63) is 0 Å². The quantitative estimate of drug-likeness (QED) is 0.710. The molecular formula is C13H27NS. The van der Waals surface area contributed by atoms with Crippen LogP contribution in [0.2, 0.25) is 0 Å².